The number of rotatable bonds is 0. The minimum Gasteiger partial charge on any atom is -1.00 e. The second-order valence-corrected chi connectivity index (χ2v) is 0. The van der Waals surface area contributed by atoms with E-state index in [9.17, 15) is 0 Å². The molecule has 0 nitrogen and oxygen atoms in total. The summed E-state index contributed by atoms with van der Waals surface area (Å²) in [6, 6.07) is 0. The molecule has 31 heteroatoms. The Morgan fingerprint density at radius 3 is 0.129 bits per heavy atom. The van der Waals surface area contributed by atoms with E-state index in [1.807, 2.05) is 0 Å². The summed E-state index contributed by atoms with van der Waals surface area (Å²) in [5, 5.41) is 0. The summed E-state index contributed by atoms with van der Waals surface area (Å²) >= 11 is 0. The van der Waals surface area contributed by atoms with Gasteiger partial charge in [0.1, 0.15) is 0 Å². The predicted octanol–water partition coefficient (Wildman–Crippen LogP) is 3.27. The van der Waals surface area contributed by atoms with Gasteiger partial charge in [0, 0.05) is 0 Å². The molecule has 7 atom stereocenters. The van der Waals surface area contributed by atoms with Crippen LogP contribution in [0.25, 0.3) is 0 Å². The fourth-order valence-corrected chi connectivity index (χ4v) is 0. The van der Waals surface area contributed by atoms with Crippen molar-refractivity contribution in [3.05, 3.63) is 0 Å². The third-order valence-electron chi connectivity index (χ3n) is 0. The summed E-state index contributed by atoms with van der Waals surface area (Å²) in [6.07, 6.45) is 0. The third kappa shape index (κ3) is 557. The van der Waals surface area contributed by atoms with Gasteiger partial charge in [0.05, 0.1) is 0 Å². The van der Waals surface area contributed by atoms with Crippen LogP contribution >= 0.6 is 330 Å². The van der Waals surface area contributed by atoms with Crippen LogP contribution in [-0.2, 0) is 19.5 Å². The largest absolute Gasteiger partial charge is 2.00 e. The van der Waals surface area contributed by atoms with Gasteiger partial charge >= 0.3 is 19.5 Å². The molecule has 240 valence electrons. The van der Waals surface area contributed by atoms with Crippen molar-refractivity contribution in [2.75, 3.05) is 0 Å². The first-order valence-corrected chi connectivity index (χ1v) is 0. The summed E-state index contributed by atoms with van der Waals surface area (Å²) in [5.74, 6) is 0. The summed E-state index contributed by atoms with van der Waals surface area (Å²) < 4.78 is 0. The van der Waals surface area contributed by atoms with Gasteiger partial charge in [-0.1, -0.05) is 0 Å². The topological polar surface area (TPSA) is 0 Å². The van der Waals surface area contributed by atoms with Crippen molar-refractivity contribution in [2.45, 2.75) is 0 Å². The van der Waals surface area contributed by atoms with Crippen molar-refractivity contribution in [1.82, 2.24) is 0 Å². The Balaban J connectivity index is 0. The summed E-state index contributed by atoms with van der Waals surface area (Å²) in [7, 11) is 0. The van der Waals surface area contributed by atoms with Crippen LogP contribution < -0.4 is 24.8 Å². The summed E-state index contributed by atoms with van der Waals surface area (Å²) in [5.41, 5.74) is 0. The fourth-order valence-electron chi connectivity index (χ4n) is 0. The molecule has 31 heavy (non-hydrogen) atoms. The third-order valence-corrected chi connectivity index (χ3v) is 0. The van der Waals surface area contributed by atoms with Crippen LogP contribution in [-0.4, -0.2) is 0 Å². The van der Waals surface area contributed by atoms with Gasteiger partial charge in [-0.25, -0.2) is 0 Å². The van der Waals surface area contributed by atoms with Crippen molar-refractivity contribution in [1.29, 1.82) is 0 Å². The summed E-state index contributed by atoms with van der Waals surface area (Å²) in [6.45, 7) is 0. The maximum absolute atomic E-state index is 0. The Hall–Kier alpha value is 10.3. The minimum absolute atomic E-state index is 0. The van der Waals surface area contributed by atoms with Crippen molar-refractivity contribution < 1.29 is 44.3 Å². The molecule has 0 spiro atoms. The van der Waals surface area contributed by atoms with Crippen LogP contribution in [0.2, 0.25) is 0 Å². The molecular formula is H42Cl23P7Zn. The zero-order valence-electron chi connectivity index (χ0n) is 15.0. The van der Waals surface area contributed by atoms with Crippen LogP contribution in [0.15, 0.2) is 0 Å². The normalized spacial score (nSPS) is 0. The quantitative estimate of drug-likeness (QED) is 0.259. The average molecular weight is 1140 g/mol. The Morgan fingerprint density at radius 2 is 0.129 bits per heavy atom. The van der Waals surface area contributed by atoms with Crippen molar-refractivity contribution in [2.24, 2.45) is 0 Å². The Bertz CT molecular complexity index is 29.9. The first kappa shape index (κ1) is 632. The molecule has 0 N–H and O–H groups in total. The standard InChI is InChI=1S/23ClH.7H3P.Zn/h23*1H;7*1H3;/q;;;;;;;;;;;;;;;;;;;;;;;;;;;;;;+2/p-2. The van der Waals surface area contributed by atoms with Crippen LogP contribution in [0.3, 0.4) is 0 Å². The van der Waals surface area contributed by atoms with E-state index in [0.717, 1.165) is 0 Å². The van der Waals surface area contributed by atoms with E-state index in [1.165, 1.54) is 0 Å². The zero-order valence-corrected chi connectivity index (χ0v) is 46.5. The molecule has 0 bridgehead atoms. The maximum atomic E-state index is 0. The molecule has 0 radical (unpaired) electrons. The van der Waals surface area contributed by atoms with E-state index in [0.29, 0.717) is 0 Å². The molecule has 0 heterocycles. The van der Waals surface area contributed by atoms with Gasteiger partial charge in [-0.3, -0.25) is 0 Å². The van der Waals surface area contributed by atoms with Gasteiger partial charge in [0.15, 0.2) is 0 Å². The maximum Gasteiger partial charge on any atom is 2.00 e. The monoisotopic (exact) mass is 1130 g/mol. The average Bonchev–Trinajstić information content (AvgIpc) is 0. The van der Waals surface area contributed by atoms with Gasteiger partial charge in [0.25, 0.3) is 0 Å². The Morgan fingerprint density at radius 1 is 0.129 bits per heavy atom. The molecule has 0 saturated carbocycles. The molecule has 0 aliphatic carbocycles. The smallest absolute Gasteiger partial charge is 1.00 e. The van der Waals surface area contributed by atoms with Gasteiger partial charge in [0.2, 0.25) is 0 Å². The van der Waals surface area contributed by atoms with Gasteiger partial charge < -0.3 is 24.8 Å². The van der Waals surface area contributed by atoms with Crippen LogP contribution in [0.1, 0.15) is 0 Å². The number of halogens is 23. The van der Waals surface area contributed by atoms with Gasteiger partial charge in [-0.05, 0) is 0 Å². The number of hydrogen-bond acceptors (Lipinski definition) is 0. The van der Waals surface area contributed by atoms with Crippen molar-refractivity contribution >= 4 is 330 Å². The molecule has 0 saturated heterocycles. The molecule has 0 rings (SSSR count). The van der Waals surface area contributed by atoms with E-state index >= 15 is 0 Å². The molecular weight excluding hydrogens is 1100 g/mol. The second kappa shape index (κ2) is 586. The fraction of sp³-hybridized carbons (Fsp3) is 0. The van der Waals surface area contributed by atoms with Gasteiger partial charge in [-0.15, -0.1) is 261 Å². The first-order chi connectivity index (χ1) is 0. The van der Waals surface area contributed by atoms with E-state index in [-0.39, 0.29) is 374 Å². The Kier molecular flexibility index (Phi) is 12000. The SMILES string of the molecule is Cl.Cl.Cl.Cl.Cl.Cl.Cl.Cl.Cl.Cl.Cl.Cl.Cl.Cl.Cl.Cl.Cl.Cl.Cl.Cl.Cl.P.P.P.P.P.P.P.[Cl-].[Cl-].[Zn+2]. The molecule has 0 aromatic heterocycles. The zero-order chi connectivity index (χ0) is 0. The molecule has 0 amide bonds. The van der Waals surface area contributed by atoms with E-state index in [2.05, 4.69) is 0 Å². The van der Waals surface area contributed by atoms with Crippen LogP contribution in [0, 0.1) is 0 Å². The molecule has 0 aliphatic heterocycles. The van der Waals surface area contributed by atoms with E-state index in [4.69, 9.17) is 0 Å². The van der Waals surface area contributed by atoms with Gasteiger partial charge in [-0.2, -0.15) is 69.3 Å². The van der Waals surface area contributed by atoms with E-state index < -0.39 is 0 Å². The predicted molar refractivity (Wildman–Crippen MR) is 230 cm³/mol. The minimum atomic E-state index is 0. The summed E-state index contributed by atoms with van der Waals surface area (Å²) in [4.78, 5) is 0. The first-order valence-electron chi connectivity index (χ1n) is 0. The van der Waals surface area contributed by atoms with Crippen molar-refractivity contribution in [3.63, 3.8) is 0 Å². The van der Waals surface area contributed by atoms with E-state index in [1.54, 1.807) is 0 Å². The second-order valence-electron chi connectivity index (χ2n) is 0. The number of hydrogen-bond donors (Lipinski definition) is 0. The molecule has 0 aromatic rings. The molecule has 0 aliphatic rings. The van der Waals surface area contributed by atoms with Crippen LogP contribution in [0.4, 0.5) is 0 Å². The molecule has 7 unspecified atom stereocenters. The van der Waals surface area contributed by atoms with Crippen LogP contribution in [0.5, 0.6) is 0 Å². The Labute approximate surface area is 368 Å². The molecule has 0 aromatic carbocycles. The molecule has 0 fully saturated rings. The van der Waals surface area contributed by atoms with Crippen molar-refractivity contribution in [3.8, 4) is 0 Å².